The lowest BCUT2D eigenvalue weighted by atomic mass is 9.98. The van der Waals surface area contributed by atoms with Gasteiger partial charge in [0.05, 0.1) is 0 Å². The lowest BCUT2D eigenvalue weighted by Gasteiger charge is -2.08. The van der Waals surface area contributed by atoms with Crippen LogP contribution in [0.5, 0.6) is 0 Å². The first-order chi connectivity index (χ1) is 8.61. The van der Waals surface area contributed by atoms with E-state index < -0.39 is 5.91 Å². The third-order valence-corrected chi connectivity index (χ3v) is 2.98. The van der Waals surface area contributed by atoms with E-state index in [1.54, 1.807) is 18.2 Å². The molecule has 4 N–H and O–H groups in total. The van der Waals surface area contributed by atoms with Crippen LogP contribution >= 0.6 is 11.6 Å². The maximum Gasteiger partial charge on any atom is 0.249 e. The van der Waals surface area contributed by atoms with Gasteiger partial charge in [-0.2, -0.15) is 0 Å². The van der Waals surface area contributed by atoms with E-state index in [4.69, 9.17) is 23.1 Å². The summed E-state index contributed by atoms with van der Waals surface area (Å²) in [6.45, 7) is 0.485. The summed E-state index contributed by atoms with van der Waals surface area (Å²) in [5.74, 6) is -0.468. The molecule has 0 heterocycles. The summed E-state index contributed by atoms with van der Waals surface area (Å²) in [6.07, 6.45) is 0. The number of halogens is 1. The van der Waals surface area contributed by atoms with Crippen molar-refractivity contribution in [2.24, 2.45) is 11.5 Å². The lowest BCUT2D eigenvalue weighted by molar-refractivity contribution is 0.100. The minimum Gasteiger partial charge on any atom is -0.366 e. The average Bonchev–Trinajstić information content (AvgIpc) is 2.38. The summed E-state index contributed by atoms with van der Waals surface area (Å²) in [6, 6.07) is 12.7. The van der Waals surface area contributed by atoms with Gasteiger partial charge in [-0.3, -0.25) is 4.79 Å². The Balaban J connectivity index is 2.54. The van der Waals surface area contributed by atoms with Gasteiger partial charge in [0.2, 0.25) is 5.91 Å². The second kappa shape index (κ2) is 5.21. The van der Waals surface area contributed by atoms with Crippen LogP contribution in [-0.4, -0.2) is 5.91 Å². The Kier molecular flexibility index (Phi) is 3.65. The number of amides is 1. The number of primary amides is 1. The van der Waals surface area contributed by atoms with Crippen molar-refractivity contribution in [2.45, 2.75) is 6.54 Å². The highest BCUT2D eigenvalue weighted by molar-refractivity contribution is 6.31. The van der Waals surface area contributed by atoms with Crippen molar-refractivity contribution in [1.29, 1.82) is 0 Å². The van der Waals surface area contributed by atoms with Crippen molar-refractivity contribution in [3.05, 3.63) is 58.6 Å². The van der Waals surface area contributed by atoms with Crippen LogP contribution in [0.1, 0.15) is 15.9 Å². The van der Waals surface area contributed by atoms with Crippen LogP contribution in [0.3, 0.4) is 0 Å². The van der Waals surface area contributed by atoms with Crippen LogP contribution in [-0.2, 0) is 6.54 Å². The predicted octanol–water partition coefficient (Wildman–Crippen LogP) is 2.56. The molecule has 3 nitrogen and oxygen atoms in total. The summed E-state index contributed by atoms with van der Waals surface area (Å²) in [5, 5.41) is 0.568. The second-order valence-corrected chi connectivity index (χ2v) is 4.39. The molecule has 92 valence electrons. The number of hydrogen-bond acceptors (Lipinski definition) is 2. The number of carbonyl (C=O) groups is 1. The normalized spacial score (nSPS) is 10.3. The number of hydrogen-bond donors (Lipinski definition) is 2. The van der Waals surface area contributed by atoms with Gasteiger partial charge in [0.15, 0.2) is 0 Å². The van der Waals surface area contributed by atoms with Gasteiger partial charge in [0.25, 0.3) is 0 Å². The standard InChI is InChI=1S/C14H13ClN2O/c15-11-5-6-12(14(17)18)13(7-11)10-3-1-9(8-16)2-4-10/h1-7H,8,16H2,(H2,17,18). The minimum atomic E-state index is -0.468. The van der Waals surface area contributed by atoms with Gasteiger partial charge in [0.1, 0.15) is 0 Å². The third kappa shape index (κ3) is 2.53. The topological polar surface area (TPSA) is 69.1 Å². The molecule has 2 rings (SSSR count). The van der Waals surface area contributed by atoms with Gasteiger partial charge >= 0.3 is 0 Å². The molecule has 0 unspecified atom stereocenters. The van der Waals surface area contributed by atoms with E-state index in [9.17, 15) is 4.79 Å². The highest BCUT2D eigenvalue weighted by Crippen LogP contribution is 2.27. The van der Waals surface area contributed by atoms with E-state index in [1.807, 2.05) is 24.3 Å². The Morgan fingerprint density at radius 3 is 2.33 bits per heavy atom. The molecule has 2 aromatic carbocycles. The Morgan fingerprint density at radius 1 is 1.11 bits per heavy atom. The van der Waals surface area contributed by atoms with Crippen LogP contribution in [0.25, 0.3) is 11.1 Å². The number of nitrogens with two attached hydrogens (primary N) is 2. The van der Waals surface area contributed by atoms with Gasteiger partial charge in [-0.15, -0.1) is 0 Å². The molecule has 2 aromatic rings. The van der Waals surface area contributed by atoms with Crippen LogP contribution in [0.4, 0.5) is 0 Å². The summed E-state index contributed by atoms with van der Waals surface area (Å²) >= 11 is 5.96. The van der Waals surface area contributed by atoms with E-state index in [0.29, 0.717) is 17.1 Å². The molecule has 0 aliphatic carbocycles. The van der Waals surface area contributed by atoms with Crippen molar-refractivity contribution in [3.8, 4) is 11.1 Å². The fourth-order valence-corrected chi connectivity index (χ4v) is 1.96. The molecule has 0 aliphatic heterocycles. The zero-order chi connectivity index (χ0) is 13.1. The van der Waals surface area contributed by atoms with Gasteiger partial charge in [-0.1, -0.05) is 35.9 Å². The van der Waals surface area contributed by atoms with Crippen LogP contribution in [0, 0.1) is 0 Å². The molecular formula is C14H13ClN2O. The fraction of sp³-hybridized carbons (Fsp3) is 0.0714. The second-order valence-electron chi connectivity index (χ2n) is 3.96. The molecule has 0 bridgehead atoms. The monoisotopic (exact) mass is 260 g/mol. The van der Waals surface area contributed by atoms with E-state index in [2.05, 4.69) is 0 Å². The van der Waals surface area contributed by atoms with Gasteiger partial charge < -0.3 is 11.5 Å². The van der Waals surface area contributed by atoms with E-state index in [1.165, 1.54) is 0 Å². The molecule has 0 radical (unpaired) electrons. The van der Waals surface area contributed by atoms with Gasteiger partial charge in [-0.25, -0.2) is 0 Å². The Labute approximate surface area is 110 Å². The van der Waals surface area contributed by atoms with Crippen molar-refractivity contribution in [1.82, 2.24) is 0 Å². The molecule has 4 heteroatoms. The SMILES string of the molecule is NCc1ccc(-c2cc(Cl)ccc2C(N)=O)cc1. The summed E-state index contributed by atoms with van der Waals surface area (Å²) < 4.78 is 0. The number of rotatable bonds is 3. The largest absolute Gasteiger partial charge is 0.366 e. The number of carbonyl (C=O) groups excluding carboxylic acids is 1. The molecule has 0 spiro atoms. The highest BCUT2D eigenvalue weighted by Gasteiger charge is 2.10. The maximum absolute atomic E-state index is 11.4. The summed E-state index contributed by atoms with van der Waals surface area (Å²) in [7, 11) is 0. The van der Waals surface area contributed by atoms with Crippen LogP contribution < -0.4 is 11.5 Å². The van der Waals surface area contributed by atoms with E-state index >= 15 is 0 Å². The molecular weight excluding hydrogens is 248 g/mol. The molecule has 0 aromatic heterocycles. The van der Waals surface area contributed by atoms with Gasteiger partial charge in [0, 0.05) is 17.1 Å². The highest BCUT2D eigenvalue weighted by atomic mass is 35.5. The van der Waals surface area contributed by atoms with Crippen molar-refractivity contribution in [3.63, 3.8) is 0 Å². The summed E-state index contributed by atoms with van der Waals surface area (Å²) in [4.78, 5) is 11.4. The fourth-order valence-electron chi connectivity index (χ4n) is 1.79. The van der Waals surface area contributed by atoms with Gasteiger partial charge in [-0.05, 0) is 34.9 Å². The zero-order valence-corrected chi connectivity index (χ0v) is 10.4. The predicted molar refractivity (Wildman–Crippen MR) is 73.3 cm³/mol. The van der Waals surface area contributed by atoms with Crippen LogP contribution in [0.15, 0.2) is 42.5 Å². The Hall–Kier alpha value is -1.84. The number of benzene rings is 2. The van der Waals surface area contributed by atoms with Crippen molar-refractivity contribution < 1.29 is 4.79 Å². The average molecular weight is 261 g/mol. The third-order valence-electron chi connectivity index (χ3n) is 2.75. The first-order valence-electron chi connectivity index (χ1n) is 5.50. The zero-order valence-electron chi connectivity index (χ0n) is 9.69. The molecule has 0 fully saturated rings. The molecule has 18 heavy (non-hydrogen) atoms. The van der Waals surface area contributed by atoms with E-state index in [-0.39, 0.29) is 0 Å². The quantitative estimate of drug-likeness (QED) is 0.890. The summed E-state index contributed by atoms with van der Waals surface area (Å²) in [5.41, 5.74) is 14.0. The van der Waals surface area contributed by atoms with Crippen molar-refractivity contribution in [2.75, 3.05) is 0 Å². The van der Waals surface area contributed by atoms with Crippen molar-refractivity contribution >= 4 is 17.5 Å². The first kappa shape index (κ1) is 12.6. The molecule has 0 saturated carbocycles. The maximum atomic E-state index is 11.4. The molecule has 0 saturated heterocycles. The minimum absolute atomic E-state index is 0.458. The first-order valence-corrected chi connectivity index (χ1v) is 5.88. The smallest absolute Gasteiger partial charge is 0.249 e. The Morgan fingerprint density at radius 2 is 1.78 bits per heavy atom. The van der Waals surface area contributed by atoms with Crippen LogP contribution in [0.2, 0.25) is 5.02 Å². The lowest BCUT2D eigenvalue weighted by Crippen LogP contribution is -2.12. The molecule has 0 aliphatic rings. The Bertz CT molecular complexity index is 579. The molecule has 1 amide bonds. The molecule has 0 atom stereocenters. The van der Waals surface area contributed by atoms with E-state index in [0.717, 1.165) is 16.7 Å².